The summed E-state index contributed by atoms with van der Waals surface area (Å²) in [5.74, 6) is 0. The fourth-order valence-corrected chi connectivity index (χ4v) is 1.02. The van der Waals surface area contributed by atoms with Crippen molar-refractivity contribution < 1.29 is 18.3 Å². The number of aliphatic hydroxyl groups is 1. The molecule has 0 spiro atoms. The first kappa shape index (κ1) is 13.5. The molecule has 0 fully saturated rings. The highest BCUT2D eigenvalue weighted by Crippen LogP contribution is 2.20. The molecule has 0 heterocycles. The molecule has 0 radical (unpaired) electrons. The van der Waals surface area contributed by atoms with Crippen molar-refractivity contribution in [3.8, 4) is 0 Å². The van der Waals surface area contributed by atoms with Crippen molar-refractivity contribution >= 4 is 0 Å². The number of unbranched alkanes of at least 4 members (excludes halogenated alkanes) is 4. The van der Waals surface area contributed by atoms with Crippen LogP contribution in [0.3, 0.4) is 0 Å². The van der Waals surface area contributed by atoms with E-state index >= 15 is 0 Å². The summed E-state index contributed by atoms with van der Waals surface area (Å²) in [6, 6.07) is 0. The van der Waals surface area contributed by atoms with Gasteiger partial charge in [0, 0.05) is 0 Å². The largest absolute Gasteiger partial charge is 0.417 e. The lowest BCUT2D eigenvalue weighted by Gasteiger charge is -2.09. The van der Waals surface area contributed by atoms with E-state index in [1.807, 2.05) is 0 Å². The molecule has 0 aliphatic rings. The van der Waals surface area contributed by atoms with Crippen LogP contribution in [-0.2, 0) is 0 Å². The van der Waals surface area contributed by atoms with Gasteiger partial charge in [0.05, 0.1) is 0 Å². The van der Waals surface area contributed by atoms with Gasteiger partial charge in [-0.05, 0) is 12.8 Å². The molecular weight excluding hydrogens is 193 g/mol. The summed E-state index contributed by atoms with van der Waals surface area (Å²) in [6.45, 7) is 2.07. The molecule has 0 aliphatic heterocycles. The van der Waals surface area contributed by atoms with Crippen LogP contribution >= 0.6 is 0 Å². The van der Waals surface area contributed by atoms with Crippen molar-refractivity contribution in [3.05, 3.63) is 12.2 Å². The fourth-order valence-electron chi connectivity index (χ4n) is 1.02. The number of alkyl halides is 3. The van der Waals surface area contributed by atoms with Gasteiger partial charge in [-0.2, -0.15) is 13.2 Å². The normalized spacial score (nSPS) is 14.9. The van der Waals surface area contributed by atoms with Gasteiger partial charge in [-0.15, -0.1) is 0 Å². The number of allylic oxidation sites excluding steroid dienone is 1. The molecule has 0 amide bonds. The zero-order valence-corrected chi connectivity index (χ0v) is 8.35. The third-order valence-electron chi connectivity index (χ3n) is 1.88. The van der Waals surface area contributed by atoms with E-state index in [0.717, 1.165) is 31.8 Å². The Labute approximate surface area is 82.6 Å². The quantitative estimate of drug-likeness (QED) is 0.526. The molecule has 0 rings (SSSR count). The number of hydrogen-bond donors (Lipinski definition) is 1. The van der Waals surface area contributed by atoms with Gasteiger partial charge in [-0.25, -0.2) is 0 Å². The summed E-state index contributed by atoms with van der Waals surface area (Å²) >= 11 is 0. The first-order chi connectivity index (χ1) is 6.48. The second kappa shape index (κ2) is 6.87. The monoisotopic (exact) mass is 210 g/mol. The maximum absolute atomic E-state index is 11.8. The van der Waals surface area contributed by atoms with Crippen LogP contribution in [0.1, 0.15) is 39.0 Å². The molecule has 0 unspecified atom stereocenters. The molecule has 4 heteroatoms. The molecule has 84 valence electrons. The van der Waals surface area contributed by atoms with Gasteiger partial charge >= 0.3 is 6.18 Å². The van der Waals surface area contributed by atoms with Crippen LogP contribution in [0.2, 0.25) is 0 Å². The molecular formula is C10H17F3O. The van der Waals surface area contributed by atoms with Gasteiger partial charge in [0.1, 0.15) is 0 Å². The van der Waals surface area contributed by atoms with Crippen molar-refractivity contribution in [1.29, 1.82) is 0 Å². The van der Waals surface area contributed by atoms with Crippen LogP contribution in [0.15, 0.2) is 12.2 Å². The van der Waals surface area contributed by atoms with Crippen LogP contribution in [-0.4, -0.2) is 17.4 Å². The van der Waals surface area contributed by atoms with E-state index in [1.165, 1.54) is 6.08 Å². The predicted octanol–water partition coefficient (Wildman–Crippen LogP) is 3.44. The van der Waals surface area contributed by atoms with Crippen LogP contribution in [0.25, 0.3) is 0 Å². The molecule has 0 bridgehead atoms. The van der Waals surface area contributed by atoms with Gasteiger partial charge in [0.2, 0.25) is 0 Å². The third kappa shape index (κ3) is 6.95. The van der Waals surface area contributed by atoms with Crippen LogP contribution < -0.4 is 0 Å². The number of aliphatic hydroxyl groups excluding tert-OH is 1. The fraction of sp³-hybridized carbons (Fsp3) is 0.800. The highest BCUT2D eigenvalue weighted by molar-refractivity contribution is 4.92. The minimum atomic E-state index is -4.53. The average molecular weight is 210 g/mol. The maximum atomic E-state index is 11.8. The molecule has 0 aromatic heterocycles. The summed E-state index contributed by atoms with van der Waals surface area (Å²) in [6.07, 6.45) is 0.101. The Morgan fingerprint density at radius 2 is 1.86 bits per heavy atom. The lowest BCUT2D eigenvalue weighted by atomic mass is 10.1. The Morgan fingerprint density at radius 1 is 1.21 bits per heavy atom. The second-order valence-corrected chi connectivity index (χ2v) is 3.26. The molecule has 1 N–H and O–H groups in total. The van der Waals surface area contributed by atoms with Crippen molar-refractivity contribution in [2.24, 2.45) is 0 Å². The van der Waals surface area contributed by atoms with Crippen molar-refractivity contribution in [2.75, 3.05) is 0 Å². The van der Waals surface area contributed by atoms with Crippen LogP contribution in [0.4, 0.5) is 13.2 Å². The molecule has 1 nitrogen and oxygen atoms in total. The van der Waals surface area contributed by atoms with E-state index in [4.69, 9.17) is 5.11 Å². The Kier molecular flexibility index (Phi) is 6.62. The standard InChI is InChI=1S/C10H17F3O/c1-2-3-4-5-6-7-8-9(14)10(11,12)13/h7-9,14H,2-6H2,1H3/b8-7+/t9-/m0/s1. The minimum Gasteiger partial charge on any atom is -0.380 e. The lowest BCUT2D eigenvalue weighted by molar-refractivity contribution is -0.187. The average Bonchev–Trinajstić information content (AvgIpc) is 2.09. The molecule has 0 saturated heterocycles. The van der Waals surface area contributed by atoms with Gasteiger partial charge in [0.15, 0.2) is 6.10 Å². The molecule has 14 heavy (non-hydrogen) atoms. The maximum Gasteiger partial charge on any atom is 0.417 e. The van der Waals surface area contributed by atoms with E-state index in [0.29, 0.717) is 6.42 Å². The van der Waals surface area contributed by atoms with Gasteiger partial charge in [-0.1, -0.05) is 38.3 Å². The van der Waals surface area contributed by atoms with Crippen LogP contribution in [0.5, 0.6) is 0 Å². The van der Waals surface area contributed by atoms with Crippen LogP contribution in [0, 0.1) is 0 Å². The van der Waals surface area contributed by atoms with E-state index in [1.54, 1.807) is 0 Å². The molecule has 0 aliphatic carbocycles. The Balaban J connectivity index is 3.53. The van der Waals surface area contributed by atoms with E-state index in [-0.39, 0.29) is 0 Å². The summed E-state index contributed by atoms with van der Waals surface area (Å²) < 4.78 is 35.3. The Morgan fingerprint density at radius 3 is 2.36 bits per heavy atom. The molecule has 1 atom stereocenters. The zero-order chi connectivity index (χ0) is 11.0. The smallest absolute Gasteiger partial charge is 0.380 e. The topological polar surface area (TPSA) is 20.2 Å². The first-order valence-electron chi connectivity index (χ1n) is 4.90. The van der Waals surface area contributed by atoms with E-state index < -0.39 is 12.3 Å². The van der Waals surface area contributed by atoms with Gasteiger partial charge in [-0.3, -0.25) is 0 Å². The summed E-state index contributed by atoms with van der Waals surface area (Å²) in [5.41, 5.74) is 0. The summed E-state index contributed by atoms with van der Waals surface area (Å²) in [5, 5.41) is 8.58. The number of hydrogen-bond acceptors (Lipinski definition) is 1. The SMILES string of the molecule is CCCCCC/C=C/[C@H](O)C(F)(F)F. The summed E-state index contributed by atoms with van der Waals surface area (Å²) in [7, 11) is 0. The predicted molar refractivity (Wildman–Crippen MR) is 50.0 cm³/mol. The summed E-state index contributed by atoms with van der Waals surface area (Å²) in [4.78, 5) is 0. The highest BCUT2D eigenvalue weighted by Gasteiger charge is 2.35. The third-order valence-corrected chi connectivity index (χ3v) is 1.88. The van der Waals surface area contributed by atoms with Crippen molar-refractivity contribution in [2.45, 2.75) is 51.3 Å². The van der Waals surface area contributed by atoms with Crippen molar-refractivity contribution in [3.63, 3.8) is 0 Å². The zero-order valence-electron chi connectivity index (χ0n) is 8.35. The van der Waals surface area contributed by atoms with Crippen molar-refractivity contribution in [1.82, 2.24) is 0 Å². The lowest BCUT2D eigenvalue weighted by Crippen LogP contribution is -2.25. The Hall–Kier alpha value is -0.510. The molecule has 0 aromatic rings. The van der Waals surface area contributed by atoms with E-state index in [9.17, 15) is 13.2 Å². The number of halogens is 3. The van der Waals surface area contributed by atoms with Gasteiger partial charge < -0.3 is 5.11 Å². The van der Waals surface area contributed by atoms with E-state index in [2.05, 4.69) is 6.92 Å². The minimum absolute atomic E-state index is 0.604. The highest BCUT2D eigenvalue weighted by atomic mass is 19.4. The first-order valence-corrected chi connectivity index (χ1v) is 4.90. The van der Waals surface area contributed by atoms with Gasteiger partial charge in [0.25, 0.3) is 0 Å². The second-order valence-electron chi connectivity index (χ2n) is 3.26. The molecule has 0 saturated carbocycles. The number of rotatable bonds is 6. The molecule has 0 aromatic carbocycles. The Bertz CT molecular complexity index is 163.